The summed E-state index contributed by atoms with van der Waals surface area (Å²) in [7, 11) is 3.49. The van der Waals surface area contributed by atoms with Crippen LogP contribution in [0.2, 0.25) is 0 Å². The highest BCUT2D eigenvalue weighted by atomic mass is 79.9. The number of hydrazine groups is 1. The van der Waals surface area contributed by atoms with E-state index in [0.29, 0.717) is 5.92 Å². The molecule has 0 fully saturated rings. The first kappa shape index (κ1) is 20.3. The van der Waals surface area contributed by atoms with Crippen LogP contribution in [0.1, 0.15) is 32.8 Å². The van der Waals surface area contributed by atoms with E-state index < -0.39 is 0 Å². The number of hydrogen-bond acceptors (Lipinski definition) is 3. The molecule has 1 aliphatic rings. The van der Waals surface area contributed by atoms with Crippen molar-refractivity contribution in [3.63, 3.8) is 0 Å². The molecule has 0 bridgehead atoms. The first-order chi connectivity index (χ1) is 12.4. The van der Waals surface area contributed by atoms with E-state index in [0.717, 1.165) is 40.2 Å². The Morgan fingerprint density at radius 1 is 1.35 bits per heavy atom. The quantitative estimate of drug-likeness (QED) is 0.687. The second kappa shape index (κ2) is 9.08. The van der Waals surface area contributed by atoms with Crippen LogP contribution in [0, 0.1) is 5.92 Å². The fourth-order valence-corrected chi connectivity index (χ4v) is 3.59. The number of methoxy groups -OCH3 is 1. The van der Waals surface area contributed by atoms with E-state index in [9.17, 15) is 0 Å². The normalized spacial score (nSPS) is 16.8. The lowest BCUT2D eigenvalue weighted by atomic mass is 9.94. The Morgan fingerprint density at radius 2 is 2.08 bits per heavy atom. The zero-order valence-corrected chi connectivity index (χ0v) is 17.9. The highest BCUT2D eigenvalue weighted by molar-refractivity contribution is 9.10. The van der Waals surface area contributed by atoms with Crippen molar-refractivity contribution in [3.05, 3.63) is 63.9 Å². The molecule has 5 heteroatoms. The molecule has 0 aliphatic carbocycles. The standard InChI is InChI=1S/C21H28BrN3O/c1-7-18(14(2)3)19(25-15(4)8-11-21(23-5)24-25)13-16-12-17(22)9-10-20(16)26-6/h8-12,14H,4,7,13H2,1-3,5-6H3,(H,23,24)/b19-18-. The van der Waals surface area contributed by atoms with Crippen LogP contribution < -0.4 is 10.2 Å². The third kappa shape index (κ3) is 4.58. The zero-order valence-electron chi connectivity index (χ0n) is 16.3. The molecular weight excluding hydrogens is 390 g/mol. The van der Waals surface area contributed by atoms with Crippen LogP contribution in [0.3, 0.4) is 0 Å². The molecule has 2 rings (SSSR count). The molecule has 0 saturated carbocycles. The van der Waals surface area contributed by atoms with Gasteiger partial charge in [-0.1, -0.05) is 43.3 Å². The van der Waals surface area contributed by atoms with Crippen LogP contribution in [0.5, 0.6) is 5.75 Å². The van der Waals surface area contributed by atoms with Gasteiger partial charge in [0.05, 0.1) is 12.8 Å². The van der Waals surface area contributed by atoms with Crippen molar-refractivity contribution in [3.8, 4) is 5.75 Å². The Balaban J connectivity index is 2.55. The van der Waals surface area contributed by atoms with Gasteiger partial charge in [-0.25, -0.2) is 0 Å². The van der Waals surface area contributed by atoms with E-state index in [1.54, 1.807) is 14.2 Å². The van der Waals surface area contributed by atoms with Gasteiger partial charge in [0.15, 0.2) is 0 Å². The Kier molecular flexibility index (Phi) is 7.09. The van der Waals surface area contributed by atoms with Gasteiger partial charge in [-0.15, -0.1) is 0 Å². The van der Waals surface area contributed by atoms with Gasteiger partial charge in [0.1, 0.15) is 11.6 Å². The molecule has 1 N–H and O–H groups in total. The van der Waals surface area contributed by atoms with Crippen molar-refractivity contribution in [1.82, 2.24) is 10.4 Å². The summed E-state index contributed by atoms with van der Waals surface area (Å²) in [6.45, 7) is 10.9. The number of aliphatic imine (C=N–C) groups is 1. The highest BCUT2D eigenvalue weighted by Gasteiger charge is 2.22. The molecule has 26 heavy (non-hydrogen) atoms. The summed E-state index contributed by atoms with van der Waals surface area (Å²) >= 11 is 3.58. The maximum absolute atomic E-state index is 5.59. The first-order valence-electron chi connectivity index (χ1n) is 8.86. The van der Waals surface area contributed by atoms with Crippen LogP contribution in [-0.4, -0.2) is 25.0 Å². The number of benzene rings is 1. The molecule has 1 heterocycles. The number of halogens is 1. The monoisotopic (exact) mass is 417 g/mol. The van der Waals surface area contributed by atoms with Crippen LogP contribution in [0.4, 0.5) is 0 Å². The molecule has 0 amide bonds. The van der Waals surface area contributed by atoms with E-state index in [4.69, 9.17) is 4.74 Å². The van der Waals surface area contributed by atoms with Crippen LogP contribution in [0.25, 0.3) is 0 Å². The Hall–Kier alpha value is -2.01. The van der Waals surface area contributed by atoms with Crippen LogP contribution in [-0.2, 0) is 6.42 Å². The second-order valence-electron chi connectivity index (χ2n) is 6.49. The number of nitrogens with zero attached hydrogens (tertiary/aromatic N) is 2. The predicted molar refractivity (Wildman–Crippen MR) is 113 cm³/mol. The number of amidine groups is 1. The summed E-state index contributed by atoms with van der Waals surface area (Å²) in [6.07, 6.45) is 5.64. The molecule has 0 atom stereocenters. The minimum atomic E-state index is 0.427. The Bertz CT molecular complexity index is 763. The maximum Gasteiger partial charge on any atom is 0.139 e. The third-order valence-corrected chi connectivity index (χ3v) is 5.00. The SMILES string of the molecule is C=C1C=CC(=NC)NN1/C(Cc1cc(Br)ccc1OC)=C(/CC)C(C)C. The van der Waals surface area contributed by atoms with Gasteiger partial charge in [0.25, 0.3) is 0 Å². The van der Waals surface area contributed by atoms with Crippen molar-refractivity contribution >= 4 is 21.8 Å². The largest absolute Gasteiger partial charge is 0.496 e. The van der Waals surface area contributed by atoms with Crippen molar-refractivity contribution < 1.29 is 4.74 Å². The van der Waals surface area contributed by atoms with Gasteiger partial charge in [0, 0.05) is 29.2 Å². The van der Waals surface area contributed by atoms with Crippen LogP contribution in [0.15, 0.2) is 63.4 Å². The van der Waals surface area contributed by atoms with E-state index in [1.165, 1.54) is 11.3 Å². The summed E-state index contributed by atoms with van der Waals surface area (Å²) in [5.74, 6) is 2.12. The predicted octanol–water partition coefficient (Wildman–Crippen LogP) is 5.24. The van der Waals surface area contributed by atoms with Crippen molar-refractivity contribution in [2.24, 2.45) is 10.9 Å². The van der Waals surface area contributed by atoms with Gasteiger partial charge in [-0.3, -0.25) is 15.4 Å². The number of nitrogens with one attached hydrogen (secondary N) is 1. The summed E-state index contributed by atoms with van der Waals surface area (Å²) < 4.78 is 6.63. The summed E-state index contributed by atoms with van der Waals surface area (Å²) in [6, 6.07) is 6.11. The van der Waals surface area contributed by atoms with Gasteiger partial charge >= 0.3 is 0 Å². The number of rotatable bonds is 6. The van der Waals surface area contributed by atoms with Crippen LogP contribution >= 0.6 is 15.9 Å². The molecular formula is C21H28BrN3O. The molecule has 1 aliphatic heterocycles. The molecule has 0 radical (unpaired) electrons. The summed E-state index contributed by atoms with van der Waals surface area (Å²) in [5.41, 5.74) is 7.98. The van der Waals surface area contributed by atoms with Gasteiger partial charge in [-0.2, -0.15) is 0 Å². The fraction of sp³-hybridized carbons (Fsp3) is 0.381. The Labute approximate surface area is 165 Å². The molecule has 0 spiro atoms. The Morgan fingerprint density at radius 3 is 2.65 bits per heavy atom. The highest BCUT2D eigenvalue weighted by Crippen LogP contribution is 2.31. The fourth-order valence-electron chi connectivity index (χ4n) is 3.19. The average Bonchev–Trinajstić information content (AvgIpc) is 2.62. The smallest absolute Gasteiger partial charge is 0.139 e. The molecule has 140 valence electrons. The minimum absolute atomic E-state index is 0.427. The molecule has 1 aromatic rings. The van der Waals surface area contributed by atoms with E-state index in [1.807, 2.05) is 24.3 Å². The molecule has 0 unspecified atom stereocenters. The van der Waals surface area contributed by atoms with Gasteiger partial charge in [0.2, 0.25) is 0 Å². The second-order valence-corrected chi connectivity index (χ2v) is 7.41. The molecule has 0 aromatic heterocycles. The lowest BCUT2D eigenvalue weighted by Crippen LogP contribution is -2.43. The third-order valence-electron chi connectivity index (χ3n) is 4.51. The molecule has 4 nitrogen and oxygen atoms in total. The van der Waals surface area contributed by atoms with E-state index in [2.05, 4.69) is 64.8 Å². The number of ether oxygens (including phenoxy) is 1. The topological polar surface area (TPSA) is 36.9 Å². The number of allylic oxidation sites excluding steroid dienone is 3. The summed E-state index contributed by atoms with van der Waals surface area (Å²) in [4.78, 5) is 4.28. The van der Waals surface area contributed by atoms with Crippen molar-refractivity contribution in [2.45, 2.75) is 33.6 Å². The molecule has 0 saturated heterocycles. The summed E-state index contributed by atoms with van der Waals surface area (Å²) in [5, 5.41) is 2.06. The maximum atomic E-state index is 5.59. The minimum Gasteiger partial charge on any atom is -0.496 e. The van der Waals surface area contributed by atoms with E-state index in [-0.39, 0.29) is 0 Å². The zero-order chi connectivity index (χ0) is 19.3. The lowest BCUT2D eigenvalue weighted by molar-refractivity contribution is 0.365. The average molecular weight is 418 g/mol. The number of hydrogen-bond donors (Lipinski definition) is 1. The van der Waals surface area contributed by atoms with Crippen molar-refractivity contribution in [2.75, 3.05) is 14.2 Å². The lowest BCUT2D eigenvalue weighted by Gasteiger charge is -2.34. The van der Waals surface area contributed by atoms with Crippen molar-refractivity contribution in [1.29, 1.82) is 0 Å². The van der Waals surface area contributed by atoms with Gasteiger partial charge in [-0.05, 0) is 48.3 Å². The van der Waals surface area contributed by atoms with Gasteiger partial charge < -0.3 is 4.74 Å². The molecule has 1 aromatic carbocycles. The van der Waals surface area contributed by atoms with E-state index >= 15 is 0 Å². The first-order valence-corrected chi connectivity index (χ1v) is 9.65.